The molecule has 7 nitrogen and oxygen atoms in total. The molecule has 0 atom stereocenters. The van der Waals surface area contributed by atoms with E-state index < -0.39 is 10.0 Å². The van der Waals surface area contributed by atoms with Gasteiger partial charge in [-0.15, -0.1) is 0 Å². The van der Waals surface area contributed by atoms with Crippen LogP contribution in [0, 0.1) is 0 Å². The van der Waals surface area contributed by atoms with E-state index in [1.807, 2.05) is 0 Å². The molecule has 2 rings (SSSR count). The molecule has 0 bridgehead atoms. The van der Waals surface area contributed by atoms with Crippen molar-refractivity contribution in [3.8, 4) is 11.5 Å². The van der Waals surface area contributed by atoms with Crippen LogP contribution in [-0.2, 0) is 14.8 Å². The van der Waals surface area contributed by atoms with Gasteiger partial charge >= 0.3 is 0 Å². The Balaban J connectivity index is 2.00. The number of carbonyl (C=O) groups excluding carboxylic acids is 1. The van der Waals surface area contributed by atoms with Gasteiger partial charge in [-0.25, -0.2) is 8.42 Å². The van der Waals surface area contributed by atoms with Gasteiger partial charge in [0.25, 0.3) is 0 Å². The topological polar surface area (TPSA) is 84.9 Å². The Morgan fingerprint density at radius 2 is 1.88 bits per heavy atom. The summed E-state index contributed by atoms with van der Waals surface area (Å²) in [5.74, 6) is 0.864. The summed E-state index contributed by atoms with van der Waals surface area (Å²) >= 11 is 0. The molecule has 0 aliphatic heterocycles. The maximum absolute atomic E-state index is 12.3. The fourth-order valence-electron chi connectivity index (χ4n) is 3.31. The molecule has 1 N–H and O–H groups in total. The minimum atomic E-state index is -3.34. The number of nitrogens with one attached hydrogen (secondary N) is 1. The Hall–Kier alpha value is -1.80. The standard InChI is InChI=1S/C18H28N2O5S/c1-24-15-9-10-16(17(13-15)25-2)19-18(21)11-12-20(26(3,22)23)14-7-5-4-6-8-14/h9-10,13-14H,4-8,11-12H2,1-3H3,(H,19,21). The molecule has 0 unspecified atom stereocenters. The van der Waals surface area contributed by atoms with Crippen molar-refractivity contribution in [1.29, 1.82) is 0 Å². The van der Waals surface area contributed by atoms with Crippen LogP contribution in [-0.4, -0.2) is 51.7 Å². The number of methoxy groups -OCH3 is 2. The van der Waals surface area contributed by atoms with Crippen molar-refractivity contribution >= 4 is 21.6 Å². The molecule has 1 fully saturated rings. The first kappa shape index (κ1) is 20.5. The molecule has 0 spiro atoms. The molecule has 0 aromatic heterocycles. The van der Waals surface area contributed by atoms with Gasteiger partial charge in [-0.2, -0.15) is 4.31 Å². The fraction of sp³-hybridized carbons (Fsp3) is 0.611. The molecular weight excluding hydrogens is 356 g/mol. The maximum atomic E-state index is 12.3. The molecular formula is C18H28N2O5S. The number of hydrogen-bond acceptors (Lipinski definition) is 5. The van der Waals surface area contributed by atoms with Gasteiger partial charge in [-0.3, -0.25) is 4.79 Å². The molecule has 0 radical (unpaired) electrons. The van der Waals surface area contributed by atoms with Crippen LogP contribution in [0.25, 0.3) is 0 Å². The van der Waals surface area contributed by atoms with Crippen LogP contribution in [0.4, 0.5) is 5.69 Å². The second-order valence-electron chi connectivity index (χ2n) is 6.53. The first-order valence-electron chi connectivity index (χ1n) is 8.84. The van der Waals surface area contributed by atoms with Crippen molar-refractivity contribution in [2.24, 2.45) is 0 Å². The third kappa shape index (κ3) is 5.60. The lowest BCUT2D eigenvalue weighted by molar-refractivity contribution is -0.116. The van der Waals surface area contributed by atoms with E-state index in [9.17, 15) is 13.2 Å². The normalized spacial score (nSPS) is 15.7. The van der Waals surface area contributed by atoms with Gasteiger partial charge < -0.3 is 14.8 Å². The average molecular weight is 384 g/mol. The Morgan fingerprint density at radius 1 is 1.19 bits per heavy atom. The minimum absolute atomic E-state index is 0.00192. The summed E-state index contributed by atoms with van der Waals surface area (Å²) in [7, 11) is -0.276. The van der Waals surface area contributed by atoms with Crippen molar-refractivity contribution in [2.45, 2.75) is 44.6 Å². The molecule has 8 heteroatoms. The van der Waals surface area contributed by atoms with Gasteiger partial charge in [-0.1, -0.05) is 19.3 Å². The van der Waals surface area contributed by atoms with E-state index in [-0.39, 0.29) is 24.9 Å². The van der Waals surface area contributed by atoms with Crippen molar-refractivity contribution in [3.63, 3.8) is 0 Å². The molecule has 0 heterocycles. The Labute approximate surface area is 155 Å². The lowest BCUT2D eigenvalue weighted by Crippen LogP contribution is -2.42. The monoisotopic (exact) mass is 384 g/mol. The summed E-state index contributed by atoms with van der Waals surface area (Å²) in [6, 6.07) is 5.11. The second-order valence-corrected chi connectivity index (χ2v) is 8.46. The summed E-state index contributed by atoms with van der Waals surface area (Å²) in [6.45, 7) is 0.188. The summed E-state index contributed by atoms with van der Waals surface area (Å²) in [6.07, 6.45) is 6.25. The number of rotatable bonds is 8. The third-order valence-corrected chi connectivity index (χ3v) is 5.98. The van der Waals surface area contributed by atoms with Gasteiger partial charge in [-0.05, 0) is 25.0 Å². The van der Waals surface area contributed by atoms with Crippen LogP contribution in [0.15, 0.2) is 18.2 Å². The quantitative estimate of drug-likeness (QED) is 0.745. The molecule has 1 aliphatic rings. The van der Waals surface area contributed by atoms with Crippen LogP contribution >= 0.6 is 0 Å². The van der Waals surface area contributed by atoms with E-state index in [4.69, 9.17) is 9.47 Å². The number of nitrogens with zero attached hydrogens (tertiary/aromatic N) is 1. The minimum Gasteiger partial charge on any atom is -0.497 e. The van der Waals surface area contributed by atoms with E-state index in [0.717, 1.165) is 32.1 Å². The van der Waals surface area contributed by atoms with Gasteiger partial charge in [0.2, 0.25) is 15.9 Å². The molecule has 146 valence electrons. The van der Waals surface area contributed by atoms with Crippen molar-refractivity contribution in [1.82, 2.24) is 4.31 Å². The number of carbonyl (C=O) groups is 1. The second kappa shape index (κ2) is 9.23. The highest BCUT2D eigenvalue weighted by molar-refractivity contribution is 7.88. The van der Waals surface area contributed by atoms with E-state index in [0.29, 0.717) is 17.2 Å². The Kier molecular flexibility index (Phi) is 7.28. The highest BCUT2D eigenvalue weighted by atomic mass is 32.2. The molecule has 0 saturated heterocycles. The zero-order chi connectivity index (χ0) is 19.2. The summed E-state index contributed by atoms with van der Waals surface area (Å²) < 4.78 is 36.1. The molecule has 1 aromatic rings. The number of ether oxygens (including phenoxy) is 2. The van der Waals surface area contributed by atoms with E-state index in [1.165, 1.54) is 17.7 Å². The van der Waals surface area contributed by atoms with E-state index >= 15 is 0 Å². The molecule has 1 saturated carbocycles. The lowest BCUT2D eigenvalue weighted by Gasteiger charge is -2.32. The molecule has 1 aliphatic carbocycles. The van der Waals surface area contributed by atoms with Gasteiger partial charge in [0, 0.05) is 25.1 Å². The van der Waals surface area contributed by atoms with Crippen LogP contribution in [0.1, 0.15) is 38.5 Å². The summed E-state index contributed by atoms with van der Waals surface area (Å²) in [5.41, 5.74) is 0.530. The Morgan fingerprint density at radius 3 is 2.46 bits per heavy atom. The average Bonchev–Trinajstić information content (AvgIpc) is 2.62. The molecule has 1 amide bonds. The van der Waals surface area contributed by atoms with Crippen LogP contribution in [0.2, 0.25) is 0 Å². The van der Waals surface area contributed by atoms with Gasteiger partial charge in [0.05, 0.1) is 26.2 Å². The first-order chi connectivity index (χ1) is 12.3. The third-order valence-electron chi connectivity index (χ3n) is 4.65. The zero-order valence-corrected chi connectivity index (χ0v) is 16.5. The van der Waals surface area contributed by atoms with Crippen molar-refractivity contribution in [3.05, 3.63) is 18.2 Å². The van der Waals surface area contributed by atoms with Crippen LogP contribution < -0.4 is 14.8 Å². The fourth-order valence-corrected chi connectivity index (χ4v) is 4.49. The zero-order valence-electron chi connectivity index (χ0n) is 15.7. The maximum Gasteiger partial charge on any atom is 0.225 e. The van der Waals surface area contributed by atoms with Crippen molar-refractivity contribution in [2.75, 3.05) is 32.3 Å². The van der Waals surface area contributed by atoms with Gasteiger partial charge in [0.15, 0.2) is 0 Å². The van der Waals surface area contributed by atoms with E-state index in [2.05, 4.69) is 5.32 Å². The highest BCUT2D eigenvalue weighted by Gasteiger charge is 2.28. The van der Waals surface area contributed by atoms with Crippen LogP contribution in [0.3, 0.4) is 0 Å². The highest BCUT2D eigenvalue weighted by Crippen LogP contribution is 2.29. The largest absolute Gasteiger partial charge is 0.497 e. The van der Waals surface area contributed by atoms with Crippen molar-refractivity contribution < 1.29 is 22.7 Å². The number of sulfonamides is 1. The number of anilines is 1. The van der Waals surface area contributed by atoms with Gasteiger partial charge in [0.1, 0.15) is 11.5 Å². The Bertz CT molecular complexity index is 714. The summed E-state index contributed by atoms with van der Waals surface area (Å²) in [5, 5.41) is 2.78. The molecule has 26 heavy (non-hydrogen) atoms. The lowest BCUT2D eigenvalue weighted by atomic mass is 9.95. The smallest absolute Gasteiger partial charge is 0.225 e. The predicted molar refractivity (Wildman–Crippen MR) is 101 cm³/mol. The predicted octanol–water partition coefficient (Wildman–Crippen LogP) is 2.63. The SMILES string of the molecule is COc1ccc(NC(=O)CCN(C2CCCCC2)S(C)(=O)=O)c(OC)c1. The number of hydrogen-bond donors (Lipinski definition) is 1. The number of benzene rings is 1. The first-order valence-corrected chi connectivity index (χ1v) is 10.7. The summed E-state index contributed by atoms with van der Waals surface area (Å²) in [4.78, 5) is 12.3. The van der Waals surface area contributed by atoms with E-state index in [1.54, 1.807) is 25.3 Å². The number of amides is 1. The van der Waals surface area contributed by atoms with Crippen LogP contribution in [0.5, 0.6) is 11.5 Å². The molecule has 1 aromatic carbocycles.